The maximum Gasteiger partial charge on any atom is 0.242 e. The van der Waals surface area contributed by atoms with Gasteiger partial charge in [-0.1, -0.05) is 64.5 Å². The van der Waals surface area contributed by atoms with Gasteiger partial charge >= 0.3 is 0 Å². The number of likely N-dealkylation sites (N-methyl/N-ethyl adjacent to an activating group) is 1. The van der Waals surface area contributed by atoms with Crippen LogP contribution in [0.5, 0.6) is 0 Å². The number of hydrogen-bond donors (Lipinski definition) is 2. The minimum atomic E-state index is -3.66. The van der Waals surface area contributed by atoms with E-state index in [9.17, 15) is 13.5 Å². The molecule has 0 aliphatic heterocycles. The molecule has 0 heterocycles. The van der Waals surface area contributed by atoms with E-state index in [4.69, 9.17) is 0 Å². The van der Waals surface area contributed by atoms with Crippen LogP contribution in [0.1, 0.15) is 19.4 Å². The molecule has 0 unspecified atom stereocenters. The average molecular weight is 505 g/mol. The van der Waals surface area contributed by atoms with E-state index >= 15 is 0 Å². The Hall–Kier alpha value is -1.77. The largest absolute Gasteiger partial charge is 0.390 e. The van der Waals surface area contributed by atoms with Crippen molar-refractivity contribution in [3.63, 3.8) is 0 Å². The van der Waals surface area contributed by atoms with Crippen LogP contribution in [-0.4, -0.2) is 49.6 Å². The summed E-state index contributed by atoms with van der Waals surface area (Å²) in [6, 6.07) is 21.3. The van der Waals surface area contributed by atoms with Crippen molar-refractivity contribution >= 4 is 36.7 Å². The Bertz CT molecular complexity index is 1150. The van der Waals surface area contributed by atoms with Gasteiger partial charge in [-0.05, 0) is 54.8 Å². The predicted octanol–water partition coefficient (Wildman–Crippen LogP) is 4.19. The second kappa shape index (κ2) is 9.79. The van der Waals surface area contributed by atoms with Gasteiger partial charge in [-0.15, -0.1) is 0 Å². The number of nitrogens with one attached hydrogen (secondary N) is 1. The Morgan fingerprint density at radius 3 is 2.45 bits per heavy atom. The summed E-state index contributed by atoms with van der Waals surface area (Å²) in [4.78, 5) is 0.196. The molecule has 0 bridgehead atoms. The molecule has 7 heteroatoms. The Morgan fingerprint density at radius 2 is 1.74 bits per heavy atom. The molecule has 0 amide bonds. The van der Waals surface area contributed by atoms with E-state index < -0.39 is 16.1 Å². The lowest BCUT2D eigenvalue weighted by molar-refractivity contribution is 0.139. The smallest absolute Gasteiger partial charge is 0.242 e. The lowest BCUT2D eigenvalue weighted by Crippen LogP contribution is -2.47. The average Bonchev–Trinajstić information content (AvgIpc) is 2.72. The van der Waals surface area contributed by atoms with Crippen molar-refractivity contribution in [3.8, 4) is 0 Å². The third-order valence-corrected chi connectivity index (χ3v) is 7.56. The number of halogens is 1. The fraction of sp³-hybridized carbons (Fsp3) is 0.333. The number of fused-ring (bicyclic) bond motifs is 1. The van der Waals surface area contributed by atoms with Gasteiger partial charge in [0.05, 0.1) is 11.0 Å². The monoisotopic (exact) mass is 504 g/mol. The predicted molar refractivity (Wildman–Crippen MR) is 130 cm³/mol. The highest BCUT2D eigenvalue weighted by atomic mass is 79.9. The number of β-amino-alcohol motifs (C(OH)–C–C–N with tert-alkyl or cyclic N) is 1. The molecule has 1 atom stereocenters. The second-order valence-electron chi connectivity index (χ2n) is 8.52. The molecule has 0 radical (unpaired) electrons. The molecule has 3 rings (SSSR count). The third kappa shape index (κ3) is 6.37. The first-order valence-corrected chi connectivity index (χ1v) is 12.4. The first kappa shape index (κ1) is 23.9. The van der Waals surface area contributed by atoms with Crippen LogP contribution in [0.4, 0.5) is 0 Å². The Morgan fingerprint density at radius 1 is 1.03 bits per heavy atom. The van der Waals surface area contributed by atoms with Crippen LogP contribution in [0.3, 0.4) is 0 Å². The fourth-order valence-corrected chi connectivity index (χ4v) is 5.39. The molecule has 0 saturated heterocycles. The van der Waals surface area contributed by atoms with E-state index in [1.54, 1.807) is 24.3 Å². The summed E-state index contributed by atoms with van der Waals surface area (Å²) in [5, 5.41) is 16.3. The minimum Gasteiger partial charge on any atom is -0.390 e. The SMILES string of the molecule is CN(C[C@H](O)CNC(C)(C)Cc1ccc2ccccc2c1)S(=O)(=O)c1cccc(Br)c1. The summed E-state index contributed by atoms with van der Waals surface area (Å²) in [5.74, 6) is 0. The van der Waals surface area contributed by atoms with Gasteiger partial charge < -0.3 is 10.4 Å². The lowest BCUT2D eigenvalue weighted by atomic mass is 9.93. The summed E-state index contributed by atoms with van der Waals surface area (Å²) in [7, 11) is -2.18. The van der Waals surface area contributed by atoms with Crippen LogP contribution in [0.15, 0.2) is 76.1 Å². The van der Waals surface area contributed by atoms with Gasteiger partial charge in [0.2, 0.25) is 10.0 Å². The quantitative estimate of drug-likeness (QED) is 0.458. The maximum absolute atomic E-state index is 12.7. The standard InChI is InChI=1S/C24H29BrN2O3S/c1-24(2,15-18-11-12-19-7-4-5-8-20(19)13-18)26-16-22(28)17-27(3)31(29,30)23-10-6-9-21(25)14-23/h4-14,22,26,28H,15-17H2,1-3H3/t22-/m1/s1. The normalized spacial score (nSPS) is 13.6. The lowest BCUT2D eigenvalue weighted by Gasteiger charge is -2.29. The number of aliphatic hydroxyl groups is 1. The van der Waals surface area contributed by atoms with Crippen molar-refractivity contribution in [2.75, 3.05) is 20.1 Å². The van der Waals surface area contributed by atoms with Gasteiger partial charge in [0.25, 0.3) is 0 Å². The molecule has 0 aliphatic rings. The zero-order valence-corrected chi connectivity index (χ0v) is 20.4. The van der Waals surface area contributed by atoms with Gasteiger partial charge in [0, 0.05) is 30.1 Å². The van der Waals surface area contributed by atoms with Crippen molar-refractivity contribution in [1.29, 1.82) is 0 Å². The van der Waals surface area contributed by atoms with Crippen molar-refractivity contribution in [1.82, 2.24) is 9.62 Å². The maximum atomic E-state index is 12.7. The van der Waals surface area contributed by atoms with E-state index in [-0.39, 0.29) is 17.0 Å². The molecule has 31 heavy (non-hydrogen) atoms. The number of hydrogen-bond acceptors (Lipinski definition) is 4. The summed E-state index contributed by atoms with van der Waals surface area (Å²) in [6.45, 7) is 4.46. The summed E-state index contributed by atoms with van der Waals surface area (Å²) >= 11 is 3.30. The van der Waals surface area contributed by atoms with Gasteiger partial charge in [0.15, 0.2) is 0 Å². The molecule has 3 aromatic carbocycles. The molecule has 0 aliphatic carbocycles. The molecule has 2 N–H and O–H groups in total. The molecule has 166 valence electrons. The van der Waals surface area contributed by atoms with Crippen LogP contribution in [0, 0.1) is 0 Å². The number of aliphatic hydroxyl groups excluding tert-OH is 1. The van der Waals surface area contributed by atoms with Gasteiger partial charge in [-0.2, -0.15) is 4.31 Å². The Balaban J connectivity index is 1.57. The van der Waals surface area contributed by atoms with Gasteiger partial charge in [-0.3, -0.25) is 0 Å². The van der Waals surface area contributed by atoms with E-state index in [1.807, 2.05) is 12.1 Å². The molecule has 0 spiro atoms. The summed E-state index contributed by atoms with van der Waals surface area (Å²) < 4.78 is 27.4. The highest BCUT2D eigenvalue weighted by Crippen LogP contribution is 2.21. The fourth-order valence-electron chi connectivity index (χ4n) is 3.58. The van der Waals surface area contributed by atoms with Gasteiger partial charge in [0.1, 0.15) is 0 Å². The third-order valence-electron chi connectivity index (χ3n) is 5.25. The second-order valence-corrected chi connectivity index (χ2v) is 11.5. The van der Waals surface area contributed by atoms with Crippen molar-refractivity contribution in [2.45, 2.75) is 36.8 Å². The number of rotatable bonds is 9. The molecule has 3 aromatic rings. The van der Waals surface area contributed by atoms with Crippen molar-refractivity contribution < 1.29 is 13.5 Å². The molecule has 0 saturated carbocycles. The van der Waals surface area contributed by atoms with E-state index in [0.29, 0.717) is 11.0 Å². The van der Waals surface area contributed by atoms with Crippen LogP contribution in [0.2, 0.25) is 0 Å². The minimum absolute atomic E-state index is 0.00784. The number of sulfonamides is 1. The zero-order valence-electron chi connectivity index (χ0n) is 18.0. The van der Waals surface area contributed by atoms with E-state index in [1.165, 1.54) is 27.7 Å². The molecule has 0 fully saturated rings. The Kier molecular flexibility index (Phi) is 7.55. The van der Waals surface area contributed by atoms with Crippen LogP contribution in [0.25, 0.3) is 10.8 Å². The number of benzene rings is 3. The van der Waals surface area contributed by atoms with E-state index in [2.05, 4.69) is 65.4 Å². The van der Waals surface area contributed by atoms with Crippen LogP contribution in [-0.2, 0) is 16.4 Å². The molecule has 5 nitrogen and oxygen atoms in total. The van der Waals surface area contributed by atoms with Gasteiger partial charge in [-0.25, -0.2) is 8.42 Å². The van der Waals surface area contributed by atoms with Crippen LogP contribution < -0.4 is 5.32 Å². The first-order valence-electron chi connectivity index (χ1n) is 10.2. The molecular weight excluding hydrogens is 476 g/mol. The molecule has 0 aromatic heterocycles. The topological polar surface area (TPSA) is 69.6 Å². The van der Waals surface area contributed by atoms with E-state index in [0.717, 1.165) is 6.42 Å². The highest BCUT2D eigenvalue weighted by molar-refractivity contribution is 9.10. The highest BCUT2D eigenvalue weighted by Gasteiger charge is 2.25. The first-order chi connectivity index (χ1) is 14.6. The number of nitrogens with zero attached hydrogens (tertiary/aromatic N) is 1. The molecular formula is C24H29BrN2O3S. The Labute approximate surface area is 193 Å². The van der Waals surface area contributed by atoms with Crippen LogP contribution >= 0.6 is 15.9 Å². The zero-order chi connectivity index (χ0) is 22.6. The van der Waals surface area contributed by atoms with Crippen molar-refractivity contribution in [2.24, 2.45) is 0 Å². The summed E-state index contributed by atoms with van der Waals surface area (Å²) in [5.41, 5.74) is 0.950. The van der Waals surface area contributed by atoms with Crippen molar-refractivity contribution in [3.05, 3.63) is 76.8 Å². The summed E-state index contributed by atoms with van der Waals surface area (Å²) in [6.07, 6.45) is -0.0423.